The number of aromatic nitrogens is 1. The van der Waals surface area contributed by atoms with Crippen molar-refractivity contribution >= 4 is 17.5 Å². The molecule has 1 saturated heterocycles. The molecule has 198 valence electrons. The van der Waals surface area contributed by atoms with Gasteiger partial charge in [0.05, 0.1) is 11.5 Å². The number of alkyl halides is 3. The molecule has 3 aliphatic rings. The summed E-state index contributed by atoms with van der Waals surface area (Å²) < 4.78 is 41.2. The molecule has 1 aromatic heterocycles. The van der Waals surface area contributed by atoms with Crippen LogP contribution in [0.15, 0.2) is 48.8 Å². The van der Waals surface area contributed by atoms with Crippen LogP contribution in [0.1, 0.15) is 75.0 Å². The summed E-state index contributed by atoms with van der Waals surface area (Å²) in [4.78, 5) is 33.3. The fourth-order valence-electron chi connectivity index (χ4n) is 5.75. The molecule has 2 atom stereocenters. The van der Waals surface area contributed by atoms with Gasteiger partial charge in [-0.15, -0.1) is 0 Å². The predicted molar refractivity (Wildman–Crippen MR) is 134 cm³/mol. The normalized spacial score (nSPS) is 22.3. The first kappa shape index (κ1) is 25.7. The second-order valence-corrected chi connectivity index (χ2v) is 10.5. The third-order valence-corrected chi connectivity index (χ3v) is 8.04. The summed E-state index contributed by atoms with van der Waals surface area (Å²) in [5.41, 5.74) is -0.665. The lowest BCUT2D eigenvalue weighted by molar-refractivity contribution is -0.160. The van der Waals surface area contributed by atoms with Crippen LogP contribution in [-0.4, -0.2) is 41.6 Å². The molecule has 0 bridgehead atoms. The number of nitrogens with one attached hydrogen (secondary N) is 2. The maximum atomic E-state index is 13.9. The molecule has 37 heavy (non-hydrogen) atoms. The number of amides is 2. The molecule has 2 N–H and O–H groups in total. The van der Waals surface area contributed by atoms with Gasteiger partial charge in [0.2, 0.25) is 11.8 Å². The first-order chi connectivity index (χ1) is 17.8. The molecule has 2 saturated carbocycles. The molecule has 6 nitrogen and oxygen atoms in total. The molecule has 1 aromatic carbocycles. The van der Waals surface area contributed by atoms with Crippen molar-refractivity contribution in [2.24, 2.45) is 0 Å². The third-order valence-electron chi connectivity index (χ3n) is 8.04. The van der Waals surface area contributed by atoms with E-state index in [1.54, 1.807) is 36.7 Å². The summed E-state index contributed by atoms with van der Waals surface area (Å²) in [5, 5.41) is 6.36. The predicted octanol–water partition coefficient (Wildman–Crippen LogP) is 4.95. The van der Waals surface area contributed by atoms with Crippen molar-refractivity contribution in [3.05, 3.63) is 59.9 Å². The first-order valence-corrected chi connectivity index (χ1v) is 13.2. The average molecular weight is 515 g/mol. The number of halogens is 3. The second-order valence-electron chi connectivity index (χ2n) is 10.5. The minimum atomic E-state index is -4.32. The lowest BCUT2D eigenvalue weighted by Gasteiger charge is -2.35. The molecule has 2 amide bonds. The van der Waals surface area contributed by atoms with E-state index in [1.807, 2.05) is 0 Å². The van der Waals surface area contributed by atoms with Gasteiger partial charge in [-0.1, -0.05) is 37.5 Å². The fourth-order valence-corrected chi connectivity index (χ4v) is 5.75. The number of hydrogen-bond acceptors (Lipinski definition) is 4. The summed E-state index contributed by atoms with van der Waals surface area (Å²) in [7, 11) is 0. The monoisotopic (exact) mass is 514 g/mol. The van der Waals surface area contributed by atoms with Crippen LogP contribution in [0, 0.1) is 0 Å². The molecule has 1 aliphatic heterocycles. The van der Waals surface area contributed by atoms with Crippen molar-refractivity contribution in [2.75, 3.05) is 11.4 Å². The maximum absolute atomic E-state index is 13.9. The van der Waals surface area contributed by atoms with Crippen molar-refractivity contribution in [3.63, 3.8) is 0 Å². The highest BCUT2D eigenvalue weighted by Gasteiger charge is 2.64. The van der Waals surface area contributed by atoms with E-state index in [2.05, 4.69) is 15.6 Å². The lowest BCUT2D eigenvalue weighted by Crippen LogP contribution is -2.51. The Morgan fingerprint density at radius 2 is 1.76 bits per heavy atom. The molecule has 1 unspecified atom stereocenters. The highest BCUT2D eigenvalue weighted by atomic mass is 19.4. The fraction of sp³-hybridized carbons (Fsp3) is 0.536. The Bertz CT molecular complexity index is 1090. The Labute approximate surface area is 215 Å². The highest BCUT2D eigenvalue weighted by molar-refractivity contribution is 6.03. The van der Waals surface area contributed by atoms with Crippen LogP contribution in [-0.2, 0) is 15.0 Å². The van der Waals surface area contributed by atoms with Gasteiger partial charge in [0, 0.05) is 29.7 Å². The zero-order valence-corrected chi connectivity index (χ0v) is 20.8. The van der Waals surface area contributed by atoms with Crippen LogP contribution in [0.4, 0.5) is 18.9 Å². The van der Waals surface area contributed by atoms with Crippen LogP contribution in [0.3, 0.4) is 0 Å². The van der Waals surface area contributed by atoms with Gasteiger partial charge in [-0.25, -0.2) is 0 Å². The molecule has 5 rings (SSSR count). The van der Waals surface area contributed by atoms with E-state index >= 15 is 0 Å². The number of carbonyl (C=O) groups is 2. The molecular weight excluding hydrogens is 481 g/mol. The minimum absolute atomic E-state index is 0.0332. The largest absolute Gasteiger partial charge is 0.398 e. The Morgan fingerprint density at radius 3 is 2.32 bits per heavy atom. The number of benzene rings is 1. The van der Waals surface area contributed by atoms with Gasteiger partial charge in [-0.05, 0) is 68.8 Å². The summed E-state index contributed by atoms with van der Waals surface area (Å²) in [5.74, 6) is -0.570. The van der Waals surface area contributed by atoms with Gasteiger partial charge in [0.15, 0.2) is 0 Å². The molecule has 0 spiro atoms. The summed E-state index contributed by atoms with van der Waals surface area (Å²) >= 11 is 0. The topological polar surface area (TPSA) is 74.3 Å². The van der Waals surface area contributed by atoms with Gasteiger partial charge in [0.25, 0.3) is 0 Å². The van der Waals surface area contributed by atoms with Crippen molar-refractivity contribution in [1.29, 1.82) is 0 Å². The van der Waals surface area contributed by atoms with Crippen LogP contribution >= 0.6 is 0 Å². The Hall–Kier alpha value is -2.94. The summed E-state index contributed by atoms with van der Waals surface area (Å²) in [6.45, 7) is 0.698. The smallest absolute Gasteiger partial charge is 0.351 e. The van der Waals surface area contributed by atoms with Crippen LogP contribution in [0.2, 0.25) is 0 Å². The molecule has 2 aliphatic carbocycles. The summed E-state index contributed by atoms with van der Waals surface area (Å²) in [6.07, 6.45) is 5.44. The molecular formula is C28H33F3N4O2. The number of carbonyl (C=O) groups excluding carboxylic acids is 2. The number of pyridine rings is 1. The maximum Gasteiger partial charge on any atom is 0.398 e. The van der Waals surface area contributed by atoms with Crippen molar-refractivity contribution < 1.29 is 22.8 Å². The quantitative estimate of drug-likeness (QED) is 0.548. The Morgan fingerprint density at radius 1 is 1.03 bits per heavy atom. The van der Waals surface area contributed by atoms with E-state index in [1.165, 1.54) is 17.0 Å². The van der Waals surface area contributed by atoms with E-state index in [0.29, 0.717) is 24.2 Å². The third kappa shape index (κ3) is 5.23. The number of nitrogens with zero attached hydrogens (tertiary/aromatic N) is 2. The average Bonchev–Trinajstić information content (AvgIpc) is 3.55. The van der Waals surface area contributed by atoms with Gasteiger partial charge in [-0.3, -0.25) is 19.5 Å². The van der Waals surface area contributed by atoms with Crippen molar-refractivity contribution in [1.82, 2.24) is 15.6 Å². The van der Waals surface area contributed by atoms with E-state index in [-0.39, 0.29) is 36.3 Å². The zero-order chi connectivity index (χ0) is 26.0. The van der Waals surface area contributed by atoms with Gasteiger partial charge >= 0.3 is 6.18 Å². The molecule has 0 radical (unpaired) electrons. The summed E-state index contributed by atoms with van der Waals surface area (Å²) in [6, 6.07) is 8.06. The molecule has 2 heterocycles. The van der Waals surface area contributed by atoms with E-state index in [0.717, 1.165) is 38.5 Å². The first-order valence-electron chi connectivity index (χ1n) is 13.2. The number of anilines is 1. The standard InChI is InChI=1S/C28H33F3N4O2/c29-28(30,31)27(14-15-27)20-10-12-22(13-11-20)35(26(37)23-9-5-17-33-23)24(19-6-4-16-32-18-19)25(36)34-21-7-2-1-3-8-21/h4,6,10-13,16,18,21,23-24,33H,1-3,5,7-9,14-15,17H2,(H,34,36)/t23-,24?/m1/s1. The van der Waals surface area contributed by atoms with Crippen LogP contribution < -0.4 is 15.5 Å². The van der Waals surface area contributed by atoms with Gasteiger partial charge in [0.1, 0.15) is 6.04 Å². The second kappa shape index (κ2) is 10.4. The molecule has 2 aromatic rings. The lowest BCUT2D eigenvalue weighted by atomic mass is 9.94. The zero-order valence-electron chi connectivity index (χ0n) is 20.8. The van der Waals surface area contributed by atoms with Crippen LogP contribution in [0.5, 0.6) is 0 Å². The van der Waals surface area contributed by atoms with Gasteiger partial charge in [-0.2, -0.15) is 13.2 Å². The molecule has 9 heteroatoms. The van der Waals surface area contributed by atoms with E-state index in [4.69, 9.17) is 0 Å². The number of hydrogen-bond donors (Lipinski definition) is 2. The van der Waals surface area contributed by atoms with Crippen molar-refractivity contribution in [3.8, 4) is 0 Å². The minimum Gasteiger partial charge on any atom is -0.351 e. The molecule has 3 fully saturated rings. The van der Waals surface area contributed by atoms with Crippen LogP contribution in [0.25, 0.3) is 0 Å². The Kier molecular flexibility index (Phi) is 7.25. The van der Waals surface area contributed by atoms with Crippen molar-refractivity contribution in [2.45, 2.75) is 87.5 Å². The van der Waals surface area contributed by atoms with Gasteiger partial charge < -0.3 is 10.6 Å². The Balaban J connectivity index is 1.52. The highest BCUT2D eigenvalue weighted by Crippen LogP contribution is 2.59. The number of rotatable bonds is 7. The van der Waals surface area contributed by atoms with E-state index in [9.17, 15) is 22.8 Å². The van der Waals surface area contributed by atoms with E-state index < -0.39 is 23.7 Å². The SMILES string of the molecule is O=C(NC1CCCCC1)C(c1cccnc1)N(C(=O)[C@H]1CCCN1)c1ccc(C2(C(F)(F)F)CC2)cc1.